The first-order valence-electron chi connectivity index (χ1n) is 14.6. The summed E-state index contributed by atoms with van der Waals surface area (Å²) in [5, 5.41) is 40.1. The fourth-order valence-corrected chi connectivity index (χ4v) is 4.81. The summed E-state index contributed by atoms with van der Waals surface area (Å²) in [5.74, 6) is -4.88. The number of aliphatic hydroxyl groups excluding tert-OH is 3. The van der Waals surface area contributed by atoms with E-state index in [-0.39, 0.29) is 22.4 Å². The average Bonchev–Trinajstić information content (AvgIpc) is 3.27. The van der Waals surface area contributed by atoms with Crippen molar-refractivity contribution in [3.8, 4) is 5.75 Å². The Hall–Kier alpha value is -3.89. The molecule has 3 rings (SSSR count). The highest BCUT2D eigenvalue weighted by Crippen LogP contribution is 2.30. The quantitative estimate of drug-likeness (QED) is 0.116. The molecule has 10 nitrogen and oxygen atoms in total. The molecule has 0 aromatic heterocycles. The van der Waals surface area contributed by atoms with Gasteiger partial charge in [0.2, 0.25) is 11.5 Å². The van der Waals surface area contributed by atoms with Crippen LogP contribution in [0.5, 0.6) is 5.75 Å². The number of benzene rings is 2. The monoisotopic (exact) mass is 583 g/mol. The molecule has 0 radical (unpaired) electrons. The van der Waals surface area contributed by atoms with Gasteiger partial charge in [0.25, 0.3) is 0 Å². The summed E-state index contributed by atoms with van der Waals surface area (Å²) in [6.07, 6.45) is 5.63. The minimum Gasteiger partial charge on any atom is -0.507 e. The van der Waals surface area contributed by atoms with Crippen molar-refractivity contribution >= 4 is 23.4 Å². The number of hydrogen-bond acceptors (Lipinski definition) is 10. The lowest BCUT2D eigenvalue weighted by atomic mass is 9.97. The van der Waals surface area contributed by atoms with Crippen LogP contribution >= 0.6 is 0 Å². The Balaban J connectivity index is 1.83. The SMILES string of the molecule is CCCCCCN(CCCCCC)c1ccc(C(=O)c2ccccc2C(=O)OC2=C(O)C(=O)O[C@@H]2[C@@H](O)CO)c(O)c1. The van der Waals surface area contributed by atoms with Crippen LogP contribution in [-0.4, -0.2) is 70.1 Å². The second-order valence-corrected chi connectivity index (χ2v) is 10.4. The van der Waals surface area contributed by atoms with E-state index in [2.05, 4.69) is 18.7 Å². The van der Waals surface area contributed by atoms with Crippen LogP contribution in [0.1, 0.15) is 91.5 Å². The third-order valence-corrected chi connectivity index (χ3v) is 7.20. The van der Waals surface area contributed by atoms with E-state index in [0.717, 1.165) is 70.1 Å². The Morgan fingerprint density at radius 2 is 1.52 bits per heavy atom. The van der Waals surface area contributed by atoms with Gasteiger partial charge in [-0.15, -0.1) is 0 Å². The highest BCUT2D eigenvalue weighted by atomic mass is 16.6. The molecule has 10 heteroatoms. The standard InChI is InChI=1S/C32H41NO9/c1-3-5-7-11-17-33(18-12-8-6-4-2)21-15-16-24(25(35)19-21)27(37)22-13-9-10-14-23(22)31(39)42-30-28(38)32(40)41-29(30)26(36)20-34/h9-10,13-16,19,26,29,34-36,38H,3-8,11-12,17-18,20H2,1-2H3/t26-,29+/m0/s1. The van der Waals surface area contributed by atoms with E-state index >= 15 is 0 Å². The summed E-state index contributed by atoms with van der Waals surface area (Å²) >= 11 is 0. The van der Waals surface area contributed by atoms with Crippen LogP contribution in [0.15, 0.2) is 54.0 Å². The summed E-state index contributed by atoms with van der Waals surface area (Å²) in [7, 11) is 0. The van der Waals surface area contributed by atoms with Crippen molar-refractivity contribution in [1.82, 2.24) is 0 Å². The highest BCUT2D eigenvalue weighted by Gasteiger charge is 2.42. The molecule has 1 aliphatic rings. The topological polar surface area (TPSA) is 154 Å². The fourth-order valence-electron chi connectivity index (χ4n) is 4.81. The van der Waals surface area contributed by atoms with Gasteiger partial charge in [-0.05, 0) is 31.0 Å². The molecule has 42 heavy (non-hydrogen) atoms. The Bertz CT molecular complexity index is 1260. The summed E-state index contributed by atoms with van der Waals surface area (Å²) in [6.45, 7) is 5.18. The van der Waals surface area contributed by atoms with E-state index in [1.165, 1.54) is 24.3 Å². The second kappa shape index (κ2) is 15.9. The number of nitrogens with zero attached hydrogens (tertiary/aromatic N) is 1. The zero-order valence-corrected chi connectivity index (χ0v) is 24.3. The van der Waals surface area contributed by atoms with Crippen LogP contribution in [-0.2, 0) is 14.3 Å². The number of ether oxygens (including phenoxy) is 2. The van der Waals surface area contributed by atoms with Crippen molar-refractivity contribution in [2.45, 2.75) is 77.4 Å². The molecule has 1 heterocycles. The number of hydrogen-bond donors (Lipinski definition) is 4. The van der Waals surface area contributed by atoms with E-state index in [1.807, 2.05) is 0 Å². The van der Waals surface area contributed by atoms with E-state index in [4.69, 9.17) is 9.47 Å². The maximum Gasteiger partial charge on any atom is 0.378 e. The second-order valence-electron chi connectivity index (χ2n) is 10.4. The molecule has 2 aromatic rings. The highest BCUT2D eigenvalue weighted by molar-refractivity contribution is 6.16. The Morgan fingerprint density at radius 1 is 0.905 bits per heavy atom. The molecular formula is C32H41NO9. The molecule has 0 amide bonds. The minimum atomic E-state index is -1.65. The van der Waals surface area contributed by atoms with Gasteiger partial charge in [0.15, 0.2) is 11.9 Å². The van der Waals surface area contributed by atoms with Gasteiger partial charge in [0.05, 0.1) is 17.7 Å². The van der Waals surface area contributed by atoms with Gasteiger partial charge in [-0.2, -0.15) is 0 Å². The first-order valence-corrected chi connectivity index (χ1v) is 14.6. The van der Waals surface area contributed by atoms with Crippen molar-refractivity contribution in [2.75, 3.05) is 24.6 Å². The number of carbonyl (C=O) groups excluding carboxylic acids is 3. The molecule has 0 fully saturated rings. The van der Waals surface area contributed by atoms with Gasteiger partial charge < -0.3 is 34.8 Å². The van der Waals surface area contributed by atoms with Gasteiger partial charge in [-0.1, -0.05) is 70.6 Å². The van der Waals surface area contributed by atoms with Crippen molar-refractivity contribution in [3.63, 3.8) is 0 Å². The lowest BCUT2D eigenvalue weighted by molar-refractivity contribution is -0.147. The number of aliphatic hydroxyl groups is 3. The minimum absolute atomic E-state index is 0.00839. The van der Waals surface area contributed by atoms with Crippen LogP contribution in [0, 0.1) is 0 Å². The number of carbonyl (C=O) groups is 3. The van der Waals surface area contributed by atoms with Gasteiger partial charge in [0, 0.05) is 30.4 Å². The lowest BCUT2D eigenvalue weighted by Gasteiger charge is -2.25. The van der Waals surface area contributed by atoms with Crippen LogP contribution in [0.2, 0.25) is 0 Å². The van der Waals surface area contributed by atoms with E-state index in [1.54, 1.807) is 18.2 Å². The van der Waals surface area contributed by atoms with Crippen molar-refractivity contribution in [3.05, 3.63) is 70.7 Å². The van der Waals surface area contributed by atoms with Gasteiger partial charge >= 0.3 is 11.9 Å². The van der Waals surface area contributed by atoms with Gasteiger partial charge in [0.1, 0.15) is 11.9 Å². The molecule has 0 aliphatic carbocycles. The number of esters is 2. The van der Waals surface area contributed by atoms with Gasteiger partial charge in [-0.25, -0.2) is 9.59 Å². The number of unbranched alkanes of at least 4 members (excludes halogenated alkanes) is 6. The predicted octanol–water partition coefficient (Wildman–Crippen LogP) is 4.80. The van der Waals surface area contributed by atoms with Gasteiger partial charge in [-0.3, -0.25) is 4.79 Å². The van der Waals surface area contributed by atoms with Crippen LogP contribution in [0.4, 0.5) is 5.69 Å². The molecule has 1 aliphatic heterocycles. The first-order chi connectivity index (χ1) is 20.2. The van der Waals surface area contributed by atoms with E-state index in [9.17, 15) is 34.8 Å². The summed E-state index contributed by atoms with van der Waals surface area (Å²) in [5.41, 5.74) is 0.528. The summed E-state index contributed by atoms with van der Waals surface area (Å²) in [6, 6.07) is 10.6. The Labute approximate surface area is 246 Å². The normalized spacial score (nSPS) is 15.4. The molecule has 2 aromatic carbocycles. The maximum atomic E-state index is 13.5. The largest absolute Gasteiger partial charge is 0.507 e. The summed E-state index contributed by atoms with van der Waals surface area (Å²) in [4.78, 5) is 40.6. The van der Waals surface area contributed by atoms with E-state index < -0.39 is 48.1 Å². The third kappa shape index (κ3) is 8.10. The Morgan fingerprint density at radius 3 is 2.10 bits per heavy atom. The number of ketones is 1. The molecule has 0 spiro atoms. The summed E-state index contributed by atoms with van der Waals surface area (Å²) < 4.78 is 9.97. The first kappa shape index (κ1) is 32.6. The molecule has 228 valence electrons. The number of rotatable bonds is 17. The molecule has 0 saturated carbocycles. The van der Waals surface area contributed by atoms with Crippen LogP contribution in [0.25, 0.3) is 0 Å². The lowest BCUT2D eigenvalue weighted by Crippen LogP contribution is -2.33. The molecule has 4 N–H and O–H groups in total. The number of anilines is 1. The maximum absolute atomic E-state index is 13.5. The van der Waals surface area contributed by atoms with Crippen molar-refractivity contribution < 1.29 is 44.3 Å². The Kier molecular flexibility index (Phi) is 12.4. The van der Waals surface area contributed by atoms with Crippen LogP contribution in [0.3, 0.4) is 0 Å². The predicted molar refractivity (Wildman–Crippen MR) is 157 cm³/mol. The molecular weight excluding hydrogens is 542 g/mol. The molecule has 0 unspecified atom stereocenters. The number of aromatic hydroxyl groups is 1. The number of phenolic OH excluding ortho intramolecular Hbond substituents is 1. The zero-order valence-electron chi connectivity index (χ0n) is 24.3. The number of cyclic esters (lactones) is 1. The molecule has 0 bridgehead atoms. The molecule has 0 saturated heterocycles. The average molecular weight is 584 g/mol. The fraction of sp³-hybridized carbons (Fsp3) is 0.469. The zero-order chi connectivity index (χ0) is 30.6. The van der Waals surface area contributed by atoms with Crippen LogP contribution < -0.4 is 4.90 Å². The van der Waals surface area contributed by atoms with Crippen molar-refractivity contribution in [1.29, 1.82) is 0 Å². The number of phenols is 1. The smallest absolute Gasteiger partial charge is 0.378 e. The molecule has 2 atom stereocenters. The van der Waals surface area contributed by atoms with E-state index in [0.29, 0.717) is 0 Å². The van der Waals surface area contributed by atoms with Crippen molar-refractivity contribution in [2.24, 2.45) is 0 Å². The third-order valence-electron chi connectivity index (χ3n) is 7.20.